The van der Waals surface area contributed by atoms with Gasteiger partial charge in [0.05, 0.1) is 0 Å². The average molecular weight is 449 g/mol. The van der Waals surface area contributed by atoms with Gasteiger partial charge in [-0.1, -0.05) is 102 Å². The second-order valence-electron chi connectivity index (χ2n) is 11.0. The molecule has 4 rings (SSSR count). The van der Waals surface area contributed by atoms with Crippen molar-refractivity contribution in [2.45, 2.75) is 52.4 Å². The number of hydrogen-bond acceptors (Lipinski definition) is 2. The van der Waals surface area contributed by atoms with Gasteiger partial charge in [0, 0.05) is 22.3 Å². The number of ketones is 2. The zero-order valence-electron chi connectivity index (χ0n) is 20.9. The van der Waals surface area contributed by atoms with E-state index in [-0.39, 0.29) is 22.4 Å². The molecule has 0 atom stereocenters. The minimum atomic E-state index is -0.185. The normalized spacial score (nSPS) is 12.1. The van der Waals surface area contributed by atoms with E-state index in [4.69, 9.17) is 0 Å². The first kappa shape index (κ1) is 23.6. The number of carbonyl (C=O) groups excluding carboxylic acids is 2. The van der Waals surface area contributed by atoms with Gasteiger partial charge < -0.3 is 0 Å². The van der Waals surface area contributed by atoms with Crippen molar-refractivity contribution in [1.82, 2.24) is 0 Å². The van der Waals surface area contributed by atoms with Crippen LogP contribution in [0.1, 0.15) is 84.5 Å². The van der Waals surface area contributed by atoms with Crippen LogP contribution in [0, 0.1) is 0 Å². The van der Waals surface area contributed by atoms with Crippen molar-refractivity contribution >= 4 is 22.3 Å². The summed E-state index contributed by atoms with van der Waals surface area (Å²) in [5, 5.41) is 1.65. The van der Waals surface area contributed by atoms with Gasteiger partial charge in [-0.15, -0.1) is 0 Å². The van der Waals surface area contributed by atoms with Crippen LogP contribution in [0.2, 0.25) is 0 Å². The molecule has 0 N–H and O–H groups in total. The van der Waals surface area contributed by atoms with Crippen LogP contribution >= 0.6 is 0 Å². The Morgan fingerprint density at radius 3 is 1.12 bits per heavy atom. The molecule has 0 aliphatic rings. The SMILES string of the molecule is CC(C)(C)c1cc(C(=O)c2ccccc2)c2cc(C(C)(C)C)cc(C(=O)c3ccccc3)c2c1. The second-order valence-corrected chi connectivity index (χ2v) is 11.0. The average Bonchev–Trinajstić information content (AvgIpc) is 2.81. The molecule has 2 heteroatoms. The molecule has 2 nitrogen and oxygen atoms in total. The maximum atomic E-state index is 13.8. The highest BCUT2D eigenvalue weighted by Gasteiger charge is 2.25. The largest absolute Gasteiger partial charge is 0.289 e. The molecule has 0 spiro atoms. The van der Waals surface area contributed by atoms with Crippen molar-refractivity contribution in [1.29, 1.82) is 0 Å². The van der Waals surface area contributed by atoms with E-state index in [9.17, 15) is 9.59 Å². The van der Waals surface area contributed by atoms with E-state index in [1.54, 1.807) is 0 Å². The first-order chi connectivity index (χ1) is 16.0. The van der Waals surface area contributed by atoms with Crippen LogP contribution in [0.15, 0.2) is 84.9 Å². The van der Waals surface area contributed by atoms with E-state index in [1.807, 2.05) is 72.8 Å². The highest BCUT2D eigenvalue weighted by molar-refractivity contribution is 6.22. The topological polar surface area (TPSA) is 34.1 Å². The summed E-state index contributed by atoms with van der Waals surface area (Å²) in [6.45, 7) is 12.8. The van der Waals surface area contributed by atoms with Crippen molar-refractivity contribution in [2.24, 2.45) is 0 Å². The van der Waals surface area contributed by atoms with Crippen LogP contribution in [0.25, 0.3) is 10.8 Å². The van der Waals surface area contributed by atoms with Gasteiger partial charge in [-0.2, -0.15) is 0 Å². The van der Waals surface area contributed by atoms with Gasteiger partial charge in [0.15, 0.2) is 11.6 Å². The van der Waals surface area contributed by atoms with E-state index in [1.165, 1.54) is 0 Å². The zero-order chi connectivity index (χ0) is 24.7. The first-order valence-corrected chi connectivity index (χ1v) is 11.8. The summed E-state index contributed by atoms with van der Waals surface area (Å²) in [5.41, 5.74) is 4.27. The van der Waals surface area contributed by atoms with Crippen LogP contribution in [0.3, 0.4) is 0 Å². The van der Waals surface area contributed by atoms with Gasteiger partial charge in [0.2, 0.25) is 0 Å². The molecule has 0 heterocycles. The smallest absolute Gasteiger partial charge is 0.193 e. The molecule has 0 amide bonds. The number of rotatable bonds is 4. The summed E-state index contributed by atoms with van der Waals surface area (Å²) in [6, 6.07) is 27.0. The van der Waals surface area contributed by atoms with Crippen LogP contribution in [0.5, 0.6) is 0 Å². The lowest BCUT2D eigenvalue weighted by molar-refractivity contribution is 0.103. The standard InChI is InChI=1S/C32H32O2/c1-31(2,3)23-17-25-26(27(19-23)29(33)21-13-9-7-10-14-21)18-24(32(4,5)6)20-28(25)30(34)22-15-11-8-12-16-22/h7-20H,1-6H3. The highest BCUT2D eigenvalue weighted by Crippen LogP contribution is 2.36. The van der Waals surface area contributed by atoms with Crippen LogP contribution in [-0.2, 0) is 10.8 Å². The molecule has 0 fully saturated rings. The summed E-state index contributed by atoms with van der Waals surface area (Å²) >= 11 is 0. The summed E-state index contributed by atoms with van der Waals surface area (Å²) in [7, 11) is 0. The van der Waals surface area contributed by atoms with E-state index < -0.39 is 0 Å². The summed E-state index contributed by atoms with van der Waals surface area (Å²) in [5.74, 6) is -0.0539. The van der Waals surface area contributed by atoms with E-state index >= 15 is 0 Å². The fraction of sp³-hybridized carbons (Fsp3) is 0.250. The third-order valence-corrected chi connectivity index (χ3v) is 6.36. The van der Waals surface area contributed by atoms with Gasteiger partial charge >= 0.3 is 0 Å². The molecule has 34 heavy (non-hydrogen) atoms. The number of benzene rings is 4. The van der Waals surface area contributed by atoms with Crippen molar-refractivity contribution in [2.75, 3.05) is 0 Å². The second kappa shape index (κ2) is 8.68. The van der Waals surface area contributed by atoms with Gasteiger partial charge in [-0.3, -0.25) is 9.59 Å². The molecule has 0 aliphatic heterocycles. The Bertz CT molecular complexity index is 1260. The monoisotopic (exact) mass is 448 g/mol. The Labute approximate surface area is 202 Å². The Hall–Kier alpha value is -3.52. The lowest BCUT2D eigenvalue weighted by Crippen LogP contribution is -2.16. The summed E-state index contributed by atoms with van der Waals surface area (Å²) in [6.07, 6.45) is 0. The third kappa shape index (κ3) is 4.59. The molecular formula is C32H32O2. The van der Waals surface area contributed by atoms with E-state index in [0.29, 0.717) is 22.3 Å². The number of hydrogen-bond donors (Lipinski definition) is 0. The lowest BCUT2D eigenvalue weighted by Gasteiger charge is -2.25. The quantitative estimate of drug-likeness (QED) is 0.297. The molecular weight excluding hydrogens is 416 g/mol. The molecule has 4 aromatic carbocycles. The van der Waals surface area contributed by atoms with Crippen LogP contribution < -0.4 is 0 Å². The molecule has 0 saturated heterocycles. The molecule has 0 unspecified atom stereocenters. The zero-order valence-corrected chi connectivity index (χ0v) is 20.9. The summed E-state index contributed by atoms with van der Waals surface area (Å²) < 4.78 is 0. The van der Waals surface area contributed by atoms with Gasteiger partial charge in [-0.05, 0) is 57.0 Å². The lowest BCUT2D eigenvalue weighted by atomic mass is 9.78. The predicted molar refractivity (Wildman–Crippen MR) is 141 cm³/mol. The Kier molecular flexibility index (Phi) is 6.03. The van der Waals surface area contributed by atoms with E-state index in [2.05, 4.69) is 53.7 Å². The van der Waals surface area contributed by atoms with Crippen molar-refractivity contribution in [3.8, 4) is 0 Å². The fourth-order valence-corrected chi connectivity index (χ4v) is 4.19. The van der Waals surface area contributed by atoms with Crippen LogP contribution in [0.4, 0.5) is 0 Å². The van der Waals surface area contributed by atoms with Crippen LogP contribution in [-0.4, -0.2) is 11.6 Å². The molecule has 0 bridgehead atoms. The fourth-order valence-electron chi connectivity index (χ4n) is 4.19. The van der Waals surface area contributed by atoms with Crippen molar-refractivity contribution in [3.63, 3.8) is 0 Å². The van der Waals surface area contributed by atoms with Gasteiger partial charge in [0.25, 0.3) is 0 Å². The molecule has 4 aromatic rings. The Balaban J connectivity index is 2.11. The maximum Gasteiger partial charge on any atom is 0.193 e. The van der Waals surface area contributed by atoms with Crippen molar-refractivity contribution < 1.29 is 9.59 Å². The molecule has 0 saturated carbocycles. The molecule has 172 valence electrons. The van der Waals surface area contributed by atoms with Gasteiger partial charge in [0.1, 0.15) is 0 Å². The minimum absolute atomic E-state index is 0.0270. The molecule has 0 aromatic heterocycles. The number of fused-ring (bicyclic) bond motifs is 1. The third-order valence-electron chi connectivity index (χ3n) is 6.36. The number of carbonyl (C=O) groups is 2. The maximum absolute atomic E-state index is 13.8. The van der Waals surface area contributed by atoms with Gasteiger partial charge in [-0.25, -0.2) is 0 Å². The van der Waals surface area contributed by atoms with E-state index in [0.717, 1.165) is 21.9 Å². The molecule has 0 radical (unpaired) electrons. The highest BCUT2D eigenvalue weighted by atomic mass is 16.1. The van der Waals surface area contributed by atoms with Crippen molar-refractivity contribution in [3.05, 3.63) is 118 Å². The minimum Gasteiger partial charge on any atom is -0.289 e. The summed E-state index contributed by atoms with van der Waals surface area (Å²) in [4.78, 5) is 27.5. The first-order valence-electron chi connectivity index (χ1n) is 11.8. The predicted octanol–water partition coefficient (Wildman–Crippen LogP) is 7.90. The molecule has 0 aliphatic carbocycles. The Morgan fingerprint density at radius 1 is 0.500 bits per heavy atom. The Morgan fingerprint density at radius 2 is 0.824 bits per heavy atom.